The quantitative estimate of drug-likeness (QED) is 0.806. The first-order valence-corrected chi connectivity index (χ1v) is 7.11. The fourth-order valence-electron chi connectivity index (χ4n) is 2.33. The van der Waals surface area contributed by atoms with E-state index in [4.69, 9.17) is 11.6 Å². The highest BCUT2D eigenvalue weighted by atomic mass is 35.5. The lowest BCUT2D eigenvalue weighted by Gasteiger charge is -2.14. The van der Waals surface area contributed by atoms with E-state index in [1.54, 1.807) is 0 Å². The SMILES string of the molecule is O=C1C(Cl)=C(c2ccc(F)cc2)C(=O)N1Cc1ccc(F)cc1. The van der Waals surface area contributed by atoms with Crippen LogP contribution in [-0.2, 0) is 16.1 Å². The number of nitrogens with zero attached hydrogens (tertiary/aromatic N) is 1. The molecule has 1 heterocycles. The van der Waals surface area contributed by atoms with Crippen molar-refractivity contribution in [3.8, 4) is 0 Å². The van der Waals surface area contributed by atoms with Gasteiger partial charge in [-0.25, -0.2) is 8.78 Å². The molecule has 1 aliphatic rings. The van der Waals surface area contributed by atoms with E-state index in [9.17, 15) is 18.4 Å². The molecule has 2 aromatic rings. The maximum Gasteiger partial charge on any atom is 0.273 e. The van der Waals surface area contributed by atoms with Gasteiger partial charge in [0, 0.05) is 0 Å². The lowest BCUT2D eigenvalue weighted by molar-refractivity contribution is -0.137. The number of halogens is 3. The molecule has 0 aromatic heterocycles. The lowest BCUT2D eigenvalue weighted by atomic mass is 10.1. The van der Waals surface area contributed by atoms with E-state index in [1.807, 2.05) is 0 Å². The molecule has 0 radical (unpaired) electrons. The molecule has 23 heavy (non-hydrogen) atoms. The van der Waals surface area contributed by atoms with Gasteiger partial charge in [0.1, 0.15) is 16.7 Å². The Morgan fingerprint density at radius 1 is 0.826 bits per heavy atom. The fourth-order valence-corrected chi connectivity index (χ4v) is 2.62. The first-order chi connectivity index (χ1) is 11.0. The van der Waals surface area contributed by atoms with Crippen LogP contribution in [0.4, 0.5) is 8.78 Å². The molecule has 116 valence electrons. The van der Waals surface area contributed by atoms with E-state index in [0.717, 1.165) is 4.90 Å². The van der Waals surface area contributed by atoms with Crippen LogP contribution in [0.25, 0.3) is 5.57 Å². The Kier molecular flexibility index (Phi) is 3.96. The average Bonchev–Trinajstić information content (AvgIpc) is 2.74. The smallest absolute Gasteiger partial charge is 0.269 e. The van der Waals surface area contributed by atoms with Gasteiger partial charge in [-0.15, -0.1) is 0 Å². The molecular formula is C17H10ClF2NO2. The van der Waals surface area contributed by atoms with E-state index >= 15 is 0 Å². The number of hydrogen-bond donors (Lipinski definition) is 0. The van der Waals surface area contributed by atoms with Crippen LogP contribution in [0, 0.1) is 11.6 Å². The summed E-state index contributed by atoms with van der Waals surface area (Å²) in [6, 6.07) is 10.6. The van der Waals surface area contributed by atoms with Gasteiger partial charge in [-0.05, 0) is 35.4 Å². The maximum absolute atomic E-state index is 13.0. The van der Waals surface area contributed by atoms with Crippen molar-refractivity contribution in [1.29, 1.82) is 0 Å². The third kappa shape index (κ3) is 2.87. The van der Waals surface area contributed by atoms with Crippen LogP contribution >= 0.6 is 11.6 Å². The number of carbonyl (C=O) groups excluding carboxylic acids is 2. The van der Waals surface area contributed by atoms with Crippen LogP contribution in [0.15, 0.2) is 53.6 Å². The van der Waals surface area contributed by atoms with E-state index < -0.39 is 23.4 Å². The monoisotopic (exact) mass is 333 g/mol. The van der Waals surface area contributed by atoms with E-state index in [1.165, 1.54) is 48.5 Å². The summed E-state index contributed by atoms with van der Waals surface area (Å²) in [5.74, 6) is -2.04. The molecular weight excluding hydrogens is 324 g/mol. The number of benzene rings is 2. The first-order valence-electron chi connectivity index (χ1n) is 6.73. The van der Waals surface area contributed by atoms with Crippen LogP contribution in [0.1, 0.15) is 11.1 Å². The number of imide groups is 1. The van der Waals surface area contributed by atoms with E-state index in [2.05, 4.69) is 0 Å². The summed E-state index contributed by atoms with van der Waals surface area (Å²) < 4.78 is 25.9. The highest BCUT2D eigenvalue weighted by Gasteiger charge is 2.38. The molecule has 0 spiro atoms. The van der Waals surface area contributed by atoms with Gasteiger partial charge in [-0.1, -0.05) is 35.9 Å². The molecule has 3 rings (SSSR count). The molecule has 2 aromatic carbocycles. The Balaban J connectivity index is 1.89. The lowest BCUT2D eigenvalue weighted by Crippen LogP contribution is -2.30. The van der Waals surface area contributed by atoms with Crippen LogP contribution in [-0.4, -0.2) is 16.7 Å². The zero-order chi connectivity index (χ0) is 16.6. The molecule has 0 fully saturated rings. The Bertz CT molecular complexity index is 813. The third-order valence-corrected chi connectivity index (χ3v) is 3.85. The molecule has 2 amide bonds. The number of carbonyl (C=O) groups is 2. The normalized spacial score (nSPS) is 14.8. The van der Waals surface area contributed by atoms with Gasteiger partial charge in [0.05, 0.1) is 12.1 Å². The summed E-state index contributed by atoms with van der Waals surface area (Å²) in [5, 5.41) is -0.205. The molecule has 0 saturated carbocycles. The molecule has 0 bridgehead atoms. The minimum Gasteiger partial charge on any atom is -0.269 e. The van der Waals surface area contributed by atoms with Crippen molar-refractivity contribution in [2.24, 2.45) is 0 Å². The largest absolute Gasteiger partial charge is 0.273 e. The van der Waals surface area contributed by atoms with Gasteiger partial charge >= 0.3 is 0 Å². The third-order valence-electron chi connectivity index (χ3n) is 3.50. The molecule has 0 unspecified atom stereocenters. The Labute approximate surface area is 135 Å². The molecule has 6 heteroatoms. The van der Waals surface area contributed by atoms with Gasteiger partial charge in [0.2, 0.25) is 0 Å². The summed E-state index contributed by atoms with van der Waals surface area (Å²) in [5.41, 5.74) is 1.01. The second-order valence-electron chi connectivity index (χ2n) is 5.02. The predicted octanol–water partition coefficient (Wildman–Crippen LogP) is 3.48. The van der Waals surface area contributed by atoms with Crippen molar-refractivity contribution in [2.75, 3.05) is 0 Å². The van der Waals surface area contributed by atoms with E-state index in [-0.39, 0.29) is 17.2 Å². The minimum absolute atomic E-state index is 0.0150. The van der Waals surface area contributed by atoms with Crippen LogP contribution in [0.5, 0.6) is 0 Å². The van der Waals surface area contributed by atoms with E-state index in [0.29, 0.717) is 11.1 Å². The molecule has 1 aliphatic heterocycles. The molecule has 0 N–H and O–H groups in total. The van der Waals surface area contributed by atoms with Gasteiger partial charge in [0.25, 0.3) is 11.8 Å². The Hall–Kier alpha value is -2.53. The molecule has 0 saturated heterocycles. The Morgan fingerprint density at radius 3 is 1.91 bits per heavy atom. The fraction of sp³-hybridized carbons (Fsp3) is 0.0588. The van der Waals surface area contributed by atoms with Crippen LogP contribution in [0.2, 0.25) is 0 Å². The van der Waals surface area contributed by atoms with Crippen LogP contribution < -0.4 is 0 Å². The second kappa shape index (κ2) is 5.93. The van der Waals surface area contributed by atoms with Gasteiger partial charge in [0.15, 0.2) is 0 Å². The summed E-state index contributed by atoms with van der Waals surface area (Å²) in [7, 11) is 0. The van der Waals surface area contributed by atoms with Crippen molar-refractivity contribution >= 4 is 29.0 Å². The number of hydrogen-bond acceptors (Lipinski definition) is 2. The average molecular weight is 334 g/mol. The highest BCUT2D eigenvalue weighted by Crippen LogP contribution is 2.32. The summed E-state index contributed by atoms with van der Waals surface area (Å²) in [6.45, 7) is -0.0150. The zero-order valence-electron chi connectivity index (χ0n) is 11.7. The standard InChI is InChI=1S/C17H10ClF2NO2/c18-15-14(11-3-7-13(20)8-4-11)16(22)21(17(15)23)9-10-1-5-12(19)6-2-10/h1-8H,9H2. The molecule has 0 atom stereocenters. The first kappa shape index (κ1) is 15.4. The summed E-state index contributed by atoms with van der Waals surface area (Å²) in [4.78, 5) is 25.7. The number of amides is 2. The summed E-state index contributed by atoms with van der Waals surface area (Å²) >= 11 is 6.00. The maximum atomic E-state index is 13.0. The number of rotatable bonds is 3. The Morgan fingerprint density at radius 2 is 1.35 bits per heavy atom. The van der Waals surface area contributed by atoms with Crippen molar-refractivity contribution in [2.45, 2.75) is 6.54 Å². The van der Waals surface area contributed by atoms with Crippen LogP contribution in [0.3, 0.4) is 0 Å². The highest BCUT2D eigenvalue weighted by molar-refractivity contribution is 6.55. The molecule has 0 aliphatic carbocycles. The van der Waals surface area contributed by atoms with Gasteiger partial charge in [-0.3, -0.25) is 14.5 Å². The second-order valence-corrected chi connectivity index (χ2v) is 5.40. The van der Waals surface area contributed by atoms with Gasteiger partial charge in [-0.2, -0.15) is 0 Å². The van der Waals surface area contributed by atoms with Crippen molar-refractivity contribution < 1.29 is 18.4 Å². The van der Waals surface area contributed by atoms with Gasteiger partial charge < -0.3 is 0 Å². The van der Waals surface area contributed by atoms with Crippen molar-refractivity contribution in [3.63, 3.8) is 0 Å². The predicted molar refractivity (Wildman–Crippen MR) is 81.1 cm³/mol. The molecule has 3 nitrogen and oxygen atoms in total. The summed E-state index contributed by atoms with van der Waals surface area (Å²) in [6.07, 6.45) is 0. The minimum atomic E-state index is -0.625. The zero-order valence-corrected chi connectivity index (χ0v) is 12.5. The van der Waals surface area contributed by atoms with Crippen molar-refractivity contribution in [1.82, 2.24) is 4.90 Å². The topological polar surface area (TPSA) is 37.4 Å². The van der Waals surface area contributed by atoms with Crippen molar-refractivity contribution in [3.05, 3.63) is 76.3 Å².